The molecule has 0 radical (unpaired) electrons. The molecule has 1 amide bonds. The molecule has 0 aliphatic carbocycles. The van der Waals surface area contributed by atoms with Crippen LogP contribution in [0.15, 0.2) is 18.2 Å². The molecular formula is C10H12ClIN2O. The average Bonchev–Trinajstić information content (AvgIpc) is 2.16. The number of nitrogens with one attached hydrogen (secondary N) is 1. The van der Waals surface area contributed by atoms with Gasteiger partial charge in [-0.2, -0.15) is 0 Å². The van der Waals surface area contributed by atoms with Gasteiger partial charge in [-0.25, -0.2) is 0 Å². The van der Waals surface area contributed by atoms with Crippen molar-refractivity contribution in [2.75, 3.05) is 5.32 Å². The molecule has 0 fully saturated rings. The Morgan fingerprint density at radius 1 is 1.67 bits per heavy atom. The molecule has 0 aliphatic heterocycles. The van der Waals surface area contributed by atoms with E-state index in [1.165, 1.54) is 0 Å². The highest BCUT2D eigenvalue weighted by Gasteiger charge is 2.13. The van der Waals surface area contributed by atoms with Crippen LogP contribution in [-0.2, 0) is 4.79 Å². The van der Waals surface area contributed by atoms with E-state index in [4.69, 9.17) is 17.3 Å². The first-order valence-electron chi connectivity index (χ1n) is 4.55. The van der Waals surface area contributed by atoms with E-state index in [9.17, 15) is 4.79 Å². The van der Waals surface area contributed by atoms with Gasteiger partial charge in [0.15, 0.2) is 0 Å². The van der Waals surface area contributed by atoms with Gasteiger partial charge in [-0.05, 0) is 47.2 Å². The summed E-state index contributed by atoms with van der Waals surface area (Å²) >= 11 is 7.99. The fourth-order valence-electron chi connectivity index (χ4n) is 1.17. The summed E-state index contributed by atoms with van der Waals surface area (Å²) in [5.74, 6) is -0.344. The number of nitrogens with two attached hydrogens (primary N) is 1. The lowest BCUT2D eigenvalue weighted by Crippen LogP contribution is -2.34. The third-order valence-corrected chi connectivity index (χ3v) is 3.14. The second kappa shape index (κ2) is 5.55. The zero-order chi connectivity index (χ0) is 11.4. The quantitative estimate of drug-likeness (QED) is 0.829. The van der Waals surface area contributed by atoms with Gasteiger partial charge in [-0.3, -0.25) is 4.79 Å². The normalized spacial score (nSPS) is 12.2. The van der Waals surface area contributed by atoms with Crippen molar-refractivity contribution >= 4 is 45.8 Å². The monoisotopic (exact) mass is 338 g/mol. The summed E-state index contributed by atoms with van der Waals surface area (Å²) in [6.45, 7) is 1.91. The number of carbonyl (C=O) groups excluding carboxylic acids is 1. The summed E-state index contributed by atoms with van der Waals surface area (Å²) in [5, 5.41) is 3.76. The molecule has 3 nitrogen and oxygen atoms in total. The van der Waals surface area contributed by atoms with E-state index in [1.54, 1.807) is 6.07 Å². The van der Waals surface area contributed by atoms with Crippen molar-refractivity contribution < 1.29 is 4.79 Å². The van der Waals surface area contributed by atoms with Gasteiger partial charge < -0.3 is 11.1 Å². The molecule has 1 rings (SSSR count). The van der Waals surface area contributed by atoms with E-state index >= 15 is 0 Å². The van der Waals surface area contributed by atoms with Gasteiger partial charge in [0.05, 0.1) is 0 Å². The van der Waals surface area contributed by atoms with Crippen LogP contribution in [-0.4, -0.2) is 11.9 Å². The summed E-state index contributed by atoms with van der Waals surface area (Å²) in [6, 6.07) is 5.12. The minimum absolute atomic E-state index is 0.334. The number of rotatable bonds is 4. The number of hydrogen-bond acceptors (Lipinski definition) is 2. The zero-order valence-corrected chi connectivity index (χ0v) is 11.2. The SMILES string of the molecule is CCC(Nc1ccc(Cl)cc1I)C(N)=O. The van der Waals surface area contributed by atoms with Crippen LogP contribution in [0.1, 0.15) is 13.3 Å². The summed E-state index contributed by atoms with van der Waals surface area (Å²) in [6.07, 6.45) is 0.661. The molecule has 1 aromatic carbocycles. The molecule has 0 heterocycles. The van der Waals surface area contributed by atoms with Crippen molar-refractivity contribution in [3.05, 3.63) is 26.8 Å². The maximum atomic E-state index is 11.0. The minimum atomic E-state index is -0.344. The number of hydrogen-bond donors (Lipinski definition) is 2. The summed E-state index contributed by atoms with van der Waals surface area (Å²) < 4.78 is 0.972. The van der Waals surface area contributed by atoms with Crippen molar-refractivity contribution in [3.8, 4) is 0 Å². The Kier molecular flexibility index (Phi) is 4.66. The van der Waals surface area contributed by atoms with Crippen LogP contribution in [0.3, 0.4) is 0 Å². The van der Waals surface area contributed by atoms with Gasteiger partial charge in [-0.1, -0.05) is 18.5 Å². The standard InChI is InChI=1S/C10H12ClIN2O/c1-2-8(10(13)15)14-9-4-3-6(11)5-7(9)12/h3-5,8,14H,2H2,1H3,(H2,13,15). The van der Waals surface area contributed by atoms with Crippen LogP contribution in [0.4, 0.5) is 5.69 Å². The third-order valence-electron chi connectivity index (χ3n) is 2.01. The van der Waals surface area contributed by atoms with Crippen molar-refractivity contribution in [2.45, 2.75) is 19.4 Å². The van der Waals surface area contributed by atoms with E-state index in [2.05, 4.69) is 27.9 Å². The Hall–Kier alpha value is -0.490. The largest absolute Gasteiger partial charge is 0.373 e. The summed E-state index contributed by atoms with van der Waals surface area (Å²) in [5.41, 5.74) is 6.13. The van der Waals surface area contributed by atoms with Crippen LogP contribution >= 0.6 is 34.2 Å². The van der Waals surface area contributed by atoms with Gasteiger partial charge in [0.2, 0.25) is 5.91 Å². The van der Waals surface area contributed by atoms with Crippen LogP contribution in [0, 0.1) is 3.57 Å². The second-order valence-electron chi connectivity index (χ2n) is 3.13. The van der Waals surface area contributed by atoms with Crippen molar-refractivity contribution in [3.63, 3.8) is 0 Å². The molecule has 1 atom stereocenters. The molecular weight excluding hydrogens is 326 g/mol. The Morgan fingerprint density at radius 2 is 2.33 bits per heavy atom. The molecule has 0 aromatic heterocycles. The van der Waals surface area contributed by atoms with Gasteiger partial charge in [-0.15, -0.1) is 0 Å². The molecule has 0 saturated carbocycles. The van der Waals surface area contributed by atoms with Gasteiger partial charge in [0.25, 0.3) is 0 Å². The van der Waals surface area contributed by atoms with Crippen LogP contribution in [0.2, 0.25) is 5.02 Å². The number of carbonyl (C=O) groups is 1. The predicted octanol–water partition coefficient (Wildman–Crippen LogP) is 2.62. The average molecular weight is 339 g/mol. The zero-order valence-electron chi connectivity index (χ0n) is 8.26. The maximum absolute atomic E-state index is 11.0. The number of halogens is 2. The van der Waals surface area contributed by atoms with E-state index in [-0.39, 0.29) is 11.9 Å². The number of anilines is 1. The third kappa shape index (κ3) is 3.53. The van der Waals surface area contributed by atoms with Crippen molar-refractivity contribution in [2.24, 2.45) is 5.73 Å². The molecule has 82 valence electrons. The highest BCUT2D eigenvalue weighted by Crippen LogP contribution is 2.23. The van der Waals surface area contributed by atoms with Gasteiger partial charge in [0.1, 0.15) is 6.04 Å². The molecule has 0 saturated heterocycles. The Labute approximate surface area is 108 Å². The van der Waals surface area contributed by atoms with E-state index < -0.39 is 0 Å². The first-order chi connectivity index (χ1) is 7.04. The first-order valence-corrected chi connectivity index (χ1v) is 6.01. The van der Waals surface area contributed by atoms with E-state index in [0.717, 1.165) is 9.26 Å². The van der Waals surface area contributed by atoms with Crippen molar-refractivity contribution in [1.82, 2.24) is 0 Å². The van der Waals surface area contributed by atoms with E-state index in [1.807, 2.05) is 19.1 Å². The lowest BCUT2D eigenvalue weighted by molar-refractivity contribution is -0.118. The summed E-state index contributed by atoms with van der Waals surface area (Å²) in [7, 11) is 0. The lowest BCUT2D eigenvalue weighted by atomic mass is 10.2. The van der Waals surface area contributed by atoms with Crippen LogP contribution in [0.5, 0.6) is 0 Å². The molecule has 5 heteroatoms. The number of primary amides is 1. The Bertz CT molecular complexity index is 370. The van der Waals surface area contributed by atoms with Crippen LogP contribution in [0.25, 0.3) is 0 Å². The minimum Gasteiger partial charge on any atom is -0.373 e. The Morgan fingerprint density at radius 3 is 2.80 bits per heavy atom. The fraction of sp³-hybridized carbons (Fsp3) is 0.300. The highest BCUT2D eigenvalue weighted by molar-refractivity contribution is 14.1. The molecule has 0 spiro atoms. The van der Waals surface area contributed by atoms with Gasteiger partial charge >= 0.3 is 0 Å². The number of benzene rings is 1. The highest BCUT2D eigenvalue weighted by atomic mass is 127. The predicted molar refractivity (Wildman–Crippen MR) is 71.1 cm³/mol. The molecule has 15 heavy (non-hydrogen) atoms. The first kappa shape index (κ1) is 12.6. The summed E-state index contributed by atoms with van der Waals surface area (Å²) in [4.78, 5) is 11.0. The topological polar surface area (TPSA) is 55.1 Å². The molecule has 1 unspecified atom stereocenters. The molecule has 0 bridgehead atoms. The molecule has 0 aliphatic rings. The number of amides is 1. The lowest BCUT2D eigenvalue weighted by Gasteiger charge is -2.15. The van der Waals surface area contributed by atoms with Crippen LogP contribution < -0.4 is 11.1 Å². The fourth-order valence-corrected chi connectivity index (χ4v) is 2.20. The van der Waals surface area contributed by atoms with E-state index in [0.29, 0.717) is 11.4 Å². The Balaban J connectivity index is 2.84. The molecule has 1 aromatic rings. The maximum Gasteiger partial charge on any atom is 0.239 e. The smallest absolute Gasteiger partial charge is 0.239 e. The second-order valence-corrected chi connectivity index (χ2v) is 4.73. The van der Waals surface area contributed by atoms with Gasteiger partial charge in [0, 0.05) is 14.3 Å². The molecule has 3 N–H and O–H groups in total. The van der Waals surface area contributed by atoms with Crippen molar-refractivity contribution in [1.29, 1.82) is 0 Å².